The van der Waals surface area contributed by atoms with Crippen molar-refractivity contribution in [2.75, 3.05) is 7.11 Å². The molecule has 2 aliphatic rings. The molecule has 0 radical (unpaired) electrons. The Morgan fingerprint density at radius 3 is 2.66 bits per heavy atom. The normalized spacial score (nSPS) is 19.7. The Kier molecular flexibility index (Phi) is 5.87. The van der Waals surface area contributed by atoms with E-state index in [9.17, 15) is 4.79 Å². The number of amides is 1. The van der Waals surface area contributed by atoms with Gasteiger partial charge in [-0.3, -0.25) is 9.52 Å². The van der Waals surface area contributed by atoms with Gasteiger partial charge in [0.05, 0.1) is 13.2 Å². The molecule has 0 saturated carbocycles. The number of nitrogens with zero attached hydrogens (tertiary/aromatic N) is 1. The van der Waals surface area contributed by atoms with Crippen molar-refractivity contribution in [3.8, 4) is 23.3 Å². The monoisotopic (exact) mass is 449 g/mol. The highest BCUT2D eigenvalue weighted by Crippen LogP contribution is 2.41. The van der Waals surface area contributed by atoms with E-state index in [0.29, 0.717) is 18.2 Å². The fraction of sp³-hybridized carbons (Fsp3) is 0.250. The second-order valence-electron chi connectivity index (χ2n) is 7.66. The minimum absolute atomic E-state index is 0.0000614. The van der Waals surface area contributed by atoms with Crippen LogP contribution in [0.1, 0.15) is 41.7 Å². The van der Waals surface area contributed by atoms with Gasteiger partial charge in [-0.15, -0.1) is 0 Å². The molecular formula is C24H23N3O4S. The molecule has 1 aliphatic heterocycles. The number of aromatic nitrogens is 1. The van der Waals surface area contributed by atoms with Crippen LogP contribution in [-0.2, 0) is 11.2 Å². The molecule has 1 aliphatic carbocycles. The molecule has 2 unspecified atom stereocenters. The Hall–Kier alpha value is -3.23. The number of carbonyl (C=O) groups is 1. The lowest BCUT2D eigenvalue weighted by molar-refractivity contribution is -0.120. The van der Waals surface area contributed by atoms with Crippen molar-refractivity contribution in [3.05, 3.63) is 77.4 Å². The molecule has 1 fully saturated rings. The van der Waals surface area contributed by atoms with E-state index in [1.165, 1.54) is 12.1 Å². The first-order valence-corrected chi connectivity index (χ1v) is 11.3. The Balaban J connectivity index is 1.29. The Bertz CT molecular complexity index is 1120. The van der Waals surface area contributed by atoms with Crippen LogP contribution in [0.4, 0.5) is 0 Å². The summed E-state index contributed by atoms with van der Waals surface area (Å²) in [5.41, 5.74) is 3.35. The van der Waals surface area contributed by atoms with Gasteiger partial charge in [0.25, 0.3) is 0 Å². The number of hydrogen-bond acceptors (Lipinski definition) is 7. The van der Waals surface area contributed by atoms with Gasteiger partial charge < -0.3 is 14.2 Å². The Morgan fingerprint density at radius 2 is 1.84 bits per heavy atom. The number of nitrogens with one attached hydrogen (secondary N) is 2. The zero-order chi connectivity index (χ0) is 21.9. The van der Waals surface area contributed by atoms with E-state index in [1.54, 1.807) is 13.2 Å². The van der Waals surface area contributed by atoms with Crippen LogP contribution >= 0.6 is 12.1 Å². The minimum atomic E-state index is -0.0354. The van der Waals surface area contributed by atoms with Gasteiger partial charge in [-0.2, -0.15) is 4.98 Å². The molecule has 2 atom stereocenters. The van der Waals surface area contributed by atoms with Gasteiger partial charge in [-0.25, -0.2) is 4.72 Å². The summed E-state index contributed by atoms with van der Waals surface area (Å²) in [5.74, 6) is 2.65. The SMILES string of the molecule is COc1cccc(Oc2cccc3c2CCC3Oc2ccc(C3CC(=O)NSN3)cc2)n1. The van der Waals surface area contributed by atoms with Crippen LogP contribution in [0.25, 0.3) is 0 Å². The highest BCUT2D eigenvalue weighted by atomic mass is 32.2. The van der Waals surface area contributed by atoms with Crippen LogP contribution in [0.5, 0.6) is 23.3 Å². The lowest BCUT2D eigenvalue weighted by Crippen LogP contribution is -2.33. The predicted molar refractivity (Wildman–Crippen MR) is 122 cm³/mol. The van der Waals surface area contributed by atoms with E-state index >= 15 is 0 Å². The van der Waals surface area contributed by atoms with Gasteiger partial charge in [0, 0.05) is 36.3 Å². The minimum Gasteiger partial charge on any atom is -0.486 e. The first-order valence-electron chi connectivity index (χ1n) is 10.5. The van der Waals surface area contributed by atoms with E-state index in [0.717, 1.165) is 41.0 Å². The number of methoxy groups -OCH3 is 1. The summed E-state index contributed by atoms with van der Waals surface area (Å²) in [7, 11) is 1.59. The van der Waals surface area contributed by atoms with Crippen molar-refractivity contribution in [1.29, 1.82) is 0 Å². The maximum absolute atomic E-state index is 11.6. The second kappa shape index (κ2) is 9.10. The van der Waals surface area contributed by atoms with Crippen molar-refractivity contribution in [3.63, 3.8) is 0 Å². The number of ether oxygens (including phenoxy) is 3. The van der Waals surface area contributed by atoms with Crippen LogP contribution in [0.15, 0.2) is 60.7 Å². The van der Waals surface area contributed by atoms with Crippen LogP contribution in [0.3, 0.4) is 0 Å². The quantitative estimate of drug-likeness (QED) is 0.530. The van der Waals surface area contributed by atoms with Gasteiger partial charge in [0.1, 0.15) is 17.6 Å². The third-order valence-electron chi connectivity index (χ3n) is 5.61. The smallest absolute Gasteiger partial charge is 0.232 e. The standard InChI is InChI=1S/C24H23N3O4S/c1-29-23-6-3-7-24(25-23)31-20-5-2-4-17-18(20)12-13-21(17)30-16-10-8-15(9-11-16)19-14-22(28)27-32-26-19/h2-11,19,21,26H,12-14H2,1H3,(H,27,28). The van der Waals surface area contributed by atoms with Gasteiger partial charge in [0.15, 0.2) is 0 Å². The molecule has 1 aromatic heterocycles. The van der Waals surface area contributed by atoms with Crippen molar-refractivity contribution in [1.82, 2.24) is 14.4 Å². The van der Waals surface area contributed by atoms with Crippen molar-refractivity contribution in [2.45, 2.75) is 31.4 Å². The summed E-state index contributed by atoms with van der Waals surface area (Å²) >= 11 is 1.23. The molecule has 32 heavy (non-hydrogen) atoms. The fourth-order valence-electron chi connectivity index (χ4n) is 4.03. The Morgan fingerprint density at radius 1 is 1.03 bits per heavy atom. The van der Waals surface area contributed by atoms with E-state index in [4.69, 9.17) is 14.2 Å². The van der Waals surface area contributed by atoms with Crippen LogP contribution < -0.4 is 23.7 Å². The van der Waals surface area contributed by atoms with Gasteiger partial charge in [-0.1, -0.05) is 30.3 Å². The fourth-order valence-corrected chi connectivity index (χ4v) is 4.65. The van der Waals surface area contributed by atoms with E-state index in [1.807, 2.05) is 48.5 Å². The zero-order valence-corrected chi connectivity index (χ0v) is 18.4. The largest absolute Gasteiger partial charge is 0.486 e. The molecule has 1 amide bonds. The molecule has 164 valence electrons. The molecule has 2 aromatic carbocycles. The average molecular weight is 450 g/mol. The van der Waals surface area contributed by atoms with Crippen molar-refractivity contribution < 1.29 is 19.0 Å². The van der Waals surface area contributed by atoms with E-state index < -0.39 is 0 Å². The topological polar surface area (TPSA) is 81.7 Å². The van der Waals surface area contributed by atoms with E-state index in [-0.39, 0.29) is 18.1 Å². The summed E-state index contributed by atoms with van der Waals surface area (Å²) in [6.45, 7) is 0. The van der Waals surface area contributed by atoms with Crippen molar-refractivity contribution >= 4 is 18.0 Å². The maximum atomic E-state index is 11.6. The highest BCUT2D eigenvalue weighted by Gasteiger charge is 2.27. The van der Waals surface area contributed by atoms with Gasteiger partial charge in [-0.05, 0) is 42.2 Å². The highest BCUT2D eigenvalue weighted by molar-refractivity contribution is 7.96. The second-order valence-corrected chi connectivity index (χ2v) is 8.30. The lowest BCUT2D eigenvalue weighted by atomic mass is 10.0. The average Bonchev–Trinajstić information content (AvgIpc) is 3.23. The molecule has 3 aromatic rings. The third-order valence-corrected chi connectivity index (χ3v) is 6.34. The van der Waals surface area contributed by atoms with Crippen LogP contribution in [0.2, 0.25) is 0 Å². The molecule has 5 rings (SSSR count). The number of rotatable bonds is 6. The molecule has 8 heteroatoms. The molecular weight excluding hydrogens is 426 g/mol. The first kappa shape index (κ1) is 20.7. The zero-order valence-electron chi connectivity index (χ0n) is 17.5. The molecule has 1 saturated heterocycles. The van der Waals surface area contributed by atoms with Gasteiger partial charge in [0.2, 0.25) is 17.7 Å². The summed E-state index contributed by atoms with van der Waals surface area (Å²) in [4.78, 5) is 16.0. The number of pyridine rings is 1. The van der Waals surface area contributed by atoms with Crippen LogP contribution in [0, 0.1) is 0 Å². The number of hydrogen-bond donors (Lipinski definition) is 2. The Labute approximate surface area is 190 Å². The molecule has 0 spiro atoms. The van der Waals surface area contributed by atoms with Crippen LogP contribution in [-0.4, -0.2) is 18.0 Å². The molecule has 2 N–H and O–H groups in total. The van der Waals surface area contributed by atoms with E-state index in [2.05, 4.69) is 20.5 Å². The number of carbonyl (C=O) groups excluding carboxylic acids is 1. The van der Waals surface area contributed by atoms with Gasteiger partial charge >= 0.3 is 0 Å². The summed E-state index contributed by atoms with van der Waals surface area (Å²) in [6.07, 6.45) is 2.14. The third kappa shape index (κ3) is 4.37. The summed E-state index contributed by atoms with van der Waals surface area (Å²) < 4.78 is 23.5. The molecule has 0 bridgehead atoms. The molecule has 7 nitrogen and oxygen atoms in total. The predicted octanol–water partition coefficient (Wildman–Crippen LogP) is 4.66. The number of benzene rings is 2. The molecule has 2 heterocycles. The lowest BCUT2D eigenvalue weighted by Gasteiger charge is -2.23. The van der Waals surface area contributed by atoms with Crippen molar-refractivity contribution in [2.24, 2.45) is 0 Å². The number of fused-ring (bicyclic) bond motifs is 1. The summed E-state index contributed by atoms with van der Waals surface area (Å²) in [6, 6.07) is 19.4. The first-order chi connectivity index (χ1) is 15.7. The maximum Gasteiger partial charge on any atom is 0.232 e. The summed E-state index contributed by atoms with van der Waals surface area (Å²) in [5, 5.41) is 0.